The summed E-state index contributed by atoms with van der Waals surface area (Å²) in [5, 5.41) is 90.3. The summed E-state index contributed by atoms with van der Waals surface area (Å²) in [5.74, 6) is -3.09. The second-order valence-electron chi connectivity index (χ2n) is 16.0. The molecule has 2 fully saturated rings. The molecule has 4 rings (SSSR count). The van der Waals surface area contributed by atoms with Crippen LogP contribution in [-0.2, 0) is 33.6 Å². The van der Waals surface area contributed by atoms with E-state index in [2.05, 4.69) is 62.2 Å². The van der Waals surface area contributed by atoms with E-state index in [0.717, 1.165) is 0 Å². The average molecular weight is 1020 g/mol. The van der Waals surface area contributed by atoms with Gasteiger partial charge >= 0.3 is 23.9 Å². The molecule has 3 aliphatic heterocycles. The number of guanidine groups is 3. The normalized spacial score (nSPS) is 19.4. The summed E-state index contributed by atoms with van der Waals surface area (Å²) >= 11 is 0. The maximum Gasteiger partial charge on any atom is 0.320 e. The summed E-state index contributed by atoms with van der Waals surface area (Å²) in [5.41, 5.74) is 22.4. The monoisotopic (exact) mass is 1010 g/mol. The predicted molar refractivity (Wildman–Crippen MR) is 254 cm³/mol. The van der Waals surface area contributed by atoms with Gasteiger partial charge in [0.25, 0.3) is 0 Å². The van der Waals surface area contributed by atoms with Gasteiger partial charge in [-0.3, -0.25) is 59.5 Å². The molecule has 0 aromatic carbocycles. The molecule has 0 saturated carbocycles. The van der Waals surface area contributed by atoms with Crippen molar-refractivity contribution >= 4 is 65.4 Å². The third-order valence-electron chi connectivity index (χ3n) is 9.95. The van der Waals surface area contributed by atoms with E-state index >= 15 is 0 Å². The average Bonchev–Trinajstić information content (AvgIpc) is 4.00. The van der Waals surface area contributed by atoms with E-state index in [-0.39, 0.29) is 55.5 Å². The van der Waals surface area contributed by atoms with Gasteiger partial charge in [-0.05, 0) is 72.1 Å². The summed E-state index contributed by atoms with van der Waals surface area (Å²) in [4.78, 5) is 95.4. The van der Waals surface area contributed by atoms with Gasteiger partial charge in [-0.25, -0.2) is 15.0 Å². The molecule has 3 amide bonds. The summed E-state index contributed by atoms with van der Waals surface area (Å²) in [7, 11) is 0. The van der Waals surface area contributed by atoms with E-state index in [1.54, 1.807) is 20.8 Å². The molecule has 4 heterocycles. The lowest BCUT2D eigenvalue weighted by molar-refractivity contribution is -0.139. The van der Waals surface area contributed by atoms with Crippen LogP contribution in [0.2, 0.25) is 0 Å². The summed E-state index contributed by atoms with van der Waals surface area (Å²) in [6.07, 6.45) is 1.04. The molecule has 31 heteroatoms. The van der Waals surface area contributed by atoms with E-state index in [0.29, 0.717) is 93.8 Å². The minimum atomic E-state index is -1.31. The number of nitrogens with one attached hydrogen (secondary N) is 7. The third kappa shape index (κ3) is 25.5. The van der Waals surface area contributed by atoms with Crippen molar-refractivity contribution in [2.45, 2.75) is 127 Å². The summed E-state index contributed by atoms with van der Waals surface area (Å²) < 4.78 is 0. The Morgan fingerprint density at radius 2 is 1.11 bits per heavy atom. The molecule has 0 radical (unpaired) electrons. The molecule has 8 atom stereocenters. The first-order valence-electron chi connectivity index (χ1n) is 22.4. The fourth-order valence-electron chi connectivity index (χ4n) is 5.66. The van der Waals surface area contributed by atoms with Gasteiger partial charge in [0, 0.05) is 32.6 Å². The van der Waals surface area contributed by atoms with Gasteiger partial charge in [0.05, 0.1) is 24.1 Å². The largest absolute Gasteiger partial charge is 0.504 e. The van der Waals surface area contributed by atoms with Crippen LogP contribution < -0.4 is 60.2 Å². The number of aliphatic hydroxyl groups is 3. The van der Waals surface area contributed by atoms with Crippen LogP contribution in [-0.4, -0.2) is 198 Å². The number of amides is 3. The highest BCUT2D eigenvalue weighted by Gasteiger charge is 2.32. The van der Waals surface area contributed by atoms with Crippen molar-refractivity contribution < 1.29 is 74.4 Å². The number of nitrogens with two attached hydrogens (primary N) is 4. The van der Waals surface area contributed by atoms with Gasteiger partial charge < -0.3 is 85.1 Å². The zero-order valence-corrected chi connectivity index (χ0v) is 39.7. The van der Waals surface area contributed by atoms with Gasteiger partial charge in [-0.2, -0.15) is 0 Å². The number of nitrogens with zero attached hydrogens (tertiary/aromatic N) is 5. The number of rotatable bonds is 25. The SMILES string of the molecule is CC1NC(=NCCCC(N)C(=O)O)NC1=O.Cc1nc(NCCCC(N)C(=O)O)nc(C)c1O.NC(CCCN=C1NC(=O)C(CC(O)C(O)CO)N1)C(=O)O.NC(CCCNC1=NCC(=O)N1)C(=O)O. The molecule has 3 aliphatic rings. The molecule has 400 valence electrons. The Hall–Kier alpha value is -6.90. The Kier molecular flexibility index (Phi) is 28.7. The van der Waals surface area contributed by atoms with E-state index < -0.39 is 78.8 Å². The van der Waals surface area contributed by atoms with Crippen molar-refractivity contribution in [2.75, 3.05) is 44.6 Å². The molecule has 0 aliphatic carbocycles. The summed E-state index contributed by atoms with van der Waals surface area (Å²) in [6.45, 7) is 6.47. The van der Waals surface area contributed by atoms with E-state index in [1.165, 1.54) is 0 Å². The molecule has 0 spiro atoms. The van der Waals surface area contributed by atoms with Crippen LogP contribution in [0.3, 0.4) is 0 Å². The Morgan fingerprint density at radius 1 is 0.676 bits per heavy atom. The van der Waals surface area contributed by atoms with Gasteiger partial charge in [0.1, 0.15) is 48.9 Å². The van der Waals surface area contributed by atoms with Crippen LogP contribution in [0, 0.1) is 13.8 Å². The lowest BCUT2D eigenvalue weighted by atomic mass is 10.1. The maximum atomic E-state index is 11.7. The molecule has 1 aromatic rings. The molecule has 71 heavy (non-hydrogen) atoms. The number of aliphatic carboxylic acids is 4. The number of carbonyl (C=O) groups is 7. The van der Waals surface area contributed by atoms with Gasteiger partial charge in [-0.1, -0.05) is 0 Å². The predicted octanol–water partition coefficient (Wildman–Crippen LogP) is -5.97. The minimum Gasteiger partial charge on any atom is -0.504 e. The number of carbonyl (C=O) groups excluding carboxylic acids is 3. The van der Waals surface area contributed by atoms with Crippen molar-refractivity contribution in [3.8, 4) is 5.75 Å². The molecule has 0 bridgehead atoms. The highest BCUT2D eigenvalue weighted by molar-refractivity contribution is 6.07. The number of aliphatic imine (C=N–C) groups is 3. The Balaban J connectivity index is 0.000000478. The quantitative estimate of drug-likeness (QED) is 0.0406. The lowest BCUT2D eigenvalue weighted by Gasteiger charge is -2.17. The maximum absolute atomic E-state index is 11.7. The van der Waals surface area contributed by atoms with Crippen LogP contribution in [0.1, 0.15) is 76.1 Å². The van der Waals surface area contributed by atoms with E-state index in [4.69, 9.17) is 48.5 Å². The number of anilines is 1. The molecule has 8 unspecified atom stereocenters. The van der Waals surface area contributed by atoms with Crippen molar-refractivity contribution in [3.63, 3.8) is 0 Å². The smallest absolute Gasteiger partial charge is 0.320 e. The highest BCUT2D eigenvalue weighted by Crippen LogP contribution is 2.18. The molecular weight excluding hydrogens is 945 g/mol. The number of aromatic nitrogens is 2. The third-order valence-corrected chi connectivity index (χ3v) is 9.95. The number of aryl methyl sites for hydroxylation is 2. The van der Waals surface area contributed by atoms with Gasteiger partial charge in [0.15, 0.2) is 23.6 Å². The molecule has 2 saturated heterocycles. The number of hydrogen-bond donors (Lipinski definition) is 19. The van der Waals surface area contributed by atoms with Crippen LogP contribution >= 0.6 is 0 Å². The molecule has 1 aromatic heterocycles. The van der Waals surface area contributed by atoms with Crippen LogP contribution in [0.5, 0.6) is 5.75 Å². The minimum absolute atomic E-state index is 0.0729. The molecule has 31 nitrogen and oxygen atoms in total. The summed E-state index contributed by atoms with van der Waals surface area (Å²) in [6, 6.07) is -4.46. The Bertz CT molecular complexity index is 2000. The van der Waals surface area contributed by atoms with Crippen molar-refractivity contribution in [1.82, 2.24) is 41.9 Å². The van der Waals surface area contributed by atoms with Crippen LogP contribution in [0.15, 0.2) is 15.0 Å². The molecule has 23 N–H and O–H groups in total. The first-order chi connectivity index (χ1) is 33.4. The second-order valence-corrected chi connectivity index (χ2v) is 16.0. The topological polar surface area (TPSA) is 532 Å². The zero-order chi connectivity index (χ0) is 53.8. The van der Waals surface area contributed by atoms with E-state index in [9.17, 15) is 48.9 Å². The highest BCUT2D eigenvalue weighted by atomic mass is 16.4. The number of carboxylic acids is 4. The van der Waals surface area contributed by atoms with Crippen LogP contribution in [0.4, 0.5) is 5.95 Å². The Morgan fingerprint density at radius 3 is 1.52 bits per heavy atom. The Labute approximate surface area is 407 Å². The number of aromatic hydroxyl groups is 1. The lowest BCUT2D eigenvalue weighted by Crippen LogP contribution is -2.39. The number of carboxylic acid groups (broad SMARTS) is 4. The number of aliphatic hydroxyl groups excluding tert-OH is 3. The van der Waals surface area contributed by atoms with Crippen molar-refractivity contribution in [2.24, 2.45) is 37.9 Å². The fourth-order valence-corrected chi connectivity index (χ4v) is 5.66. The standard InChI is InChI=1S/C12H22N4O6.C11H18N4O3.C9H16N4O3.C8H14N4O3/c13-6(11(21)22)2-1-3-14-12-15-7(10(20)16-12)4-8(18)9(19)5-17;1-6-9(16)7(2)15-11(14-6)13-5-3-4-8(12)10(17)18;1-5-7(14)13-9(12-5)11-4-2-3-6(10)8(15)16;9-5(7(14)15)2-1-3-10-8-11-4-6(13)12-8/h6-9,17-19H,1-5,13H2,(H,21,22)(H2,14,15,16,20);8,16H,3-5,12H2,1-2H3,(H,17,18)(H,13,14,15);5-6H,2-4,10H2,1H3,(H,15,16)(H2,11,12,13,14);5H,1-4,9H2,(H,14,15)(H2,10,11,12,13). The second kappa shape index (κ2) is 32.8. The molecular formula is C40H70N16O15. The van der Waals surface area contributed by atoms with Crippen LogP contribution in [0.25, 0.3) is 0 Å². The fraction of sp³-hybridized carbons (Fsp3) is 0.650. The van der Waals surface area contributed by atoms with Crippen molar-refractivity contribution in [3.05, 3.63) is 11.4 Å². The number of hydrogen-bond acceptors (Lipinski definition) is 22. The van der Waals surface area contributed by atoms with E-state index in [1.807, 2.05) is 0 Å². The van der Waals surface area contributed by atoms with Gasteiger partial charge in [0.2, 0.25) is 23.7 Å². The first kappa shape index (κ1) is 62.1. The van der Waals surface area contributed by atoms with Gasteiger partial charge in [-0.15, -0.1) is 0 Å². The van der Waals surface area contributed by atoms with Crippen molar-refractivity contribution in [1.29, 1.82) is 0 Å². The first-order valence-corrected chi connectivity index (χ1v) is 22.4. The zero-order valence-electron chi connectivity index (χ0n) is 39.7.